The van der Waals surface area contributed by atoms with Crippen LogP contribution in [0.3, 0.4) is 0 Å². The minimum atomic E-state index is -0.536. The van der Waals surface area contributed by atoms with Crippen molar-refractivity contribution >= 4 is 5.91 Å². The molecule has 0 heterocycles. The molecule has 0 aliphatic heterocycles. The first-order valence-corrected chi connectivity index (χ1v) is 5.34. The van der Waals surface area contributed by atoms with Gasteiger partial charge >= 0.3 is 0 Å². The van der Waals surface area contributed by atoms with Gasteiger partial charge in [0.15, 0.2) is 0 Å². The SMILES string of the molecule is CCCC(C)NC(=O)c1cc(F)ccc1O. The van der Waals surface area contributed by atoms with Crippen LogP contribution in [0.25, 0.3) is 0 Å². The van der Waals surface area contributed by atoms with E-state index in [1.807, 2.05) is 13.8 Å². The van der Waals surface area contributed by atoms with Crippen molar-refractivity contribution < 1.29 is 14.3 Å². The topological polar surface area (TPSA) is 49.3 Å². The number of amides is 1. The summed E-state index contributed by atoms with van der Waals surface area (Å²) >= 11 is 0. The molecule has 1 rings (SSSR count). The Morgan fingerprint density at radius 1 is 1.56 bits per heavy atom. The van der Waals surface area contributed by atoms with Crippen LogP contribution in [0.15, 0.2) is 18.2 Å². The van der Waals surface area contributed by atoms with Crippen molar-refractivity contribution in [2.75, 3.05) is 0 Å². The van der Waals surface area contributed by atoms with Crippen LogP contribution in [0.1, 0.15) is 37.0 Å². The maximum atomic E-state index is 12.9. The summed E-state index contributed by atoms with van der Waals surface area (Å²) in [7, 11) is 0. The Morgan fingerprint density at radius 3 is 2.88 bits per heavy atom. The minimum absolute atomic E-state index is 0.0140. The Bertz CT molecular complexity index is 379. The molecule has 0 aliphatic carbocycles. The molecule has 0 aromatic heterocycles. The lowest BCUT2D eigenvalue weighted by Gasteiger charge is -2.13. The fourth-order valence-corrected chi connectivity index (χ4v) is 1.50. The Morgan fingerprint density at radius 2 is 2.25 bits per heavy atom. The number of halogens is 1. The lowest BCUT2D eigenvalue weighted by atomic mass is 10.1. The normalized spacial score (nSPS) is 12.2. The second kappa shape index (κ2) is 5.49. The maximum Gasteiger partial charge on any atom is 0.255 e. The van der Waals surface area contributed by atoms with E-state index in [-0.39, 0.29) is 17.4 Å². The summed E-state index contributed by atoms with van der Waals surface area (Å²) in [6.07, 6.45) is 1.80. The Hall–Kier alpha value is -1.58. The van der Waals surface area contributed by atoms with Gasteiger partial charge in [-0.3, -0.25) is 4.79 Å². The van der Waals surface area contributed by atoms with Crippen molar-refractivity contribution in [1.29, 1.82) is 0 Å². The maximum absolute atomic E-state index is 12.9. The average Bonchev–Trinajstić information content (AvgIpc) is 2.21. The van der Waals surface area contributed by atoms with E-state index >= 15 is 0 Å². The summed E-state index contributed by atoms with van der Waals surface area (Å²) in [6, 6.07) is 3.33. The van der Waals surface area contributed by atoms with Crippen LogP contribution in [0.4, 0.5) is 4.39 Å². The zero-order valence-electron chi connectivity index (χ0n) is 9.46. The molecule has 1 aromatic carbocycles. The number of rotatable bonds is 4. The molecule has 0 radical (unpaired) electrons. The third-order valence-corrected chi connectivity index (χ3v) is 2.30. The zero-order valence-corrected chi connectivity index (χ0v) is 9.46. The molecule has 0 bridgehead atoms. The molecule has 88 valence electrons. The quantitative estimate of drug-likeness (QED) is 0.826. The molecular weight excluding hydrogens is 209 g/mol. The second-order valence-corrected chi connectivity index (χ2v) is 3.82. The Kier molecular flexibility index (Phi) is 4.28. The van der Waals surface area contributed by atoms with E-state index in [0.29, 0.717) is 0 Å². The number of carbonyl (C=O) groups excluding carboxylic acids is 1. The van der Waals surface area contributed by atoms with E-state index in [0.717, 1.165) is 25.0 Å². The van der Waals surface area contributed by atoms with E-state index in [1.54, 1.807) is 0 Å². The molecule has 1 atom stereocenters. The number of nitrogens with one attached hydrogen (secondary N) is 1. The Balaban J connectivity index is 2.76. The van der Waals surface area contributed by atoms with E-state index in [1.165, 1.54) is 6.07 Å². The van der Waals surface area contributed by atoms with Crippen LogP contribution >= 0.6 is 0 Å². The first-order chi connectivity index (χ1) is 7.54. The molecule has 0 fully saturated rings. The van der Waals surface area contributed by atoms with Crippen molar-refractivity contribution in [2.45, 2.75) is 32.7 Å². The number of carbonyl (C=O) groups is 1. The van der Waals surface area contributed by atoms with Crippen molar-refractivity contribution in [3.63, 3.8) is 0 Å². The van der Waals surface area contributed by atoms with Crippen molar-refractivity contribution in [2.24, 2.45) is 0 Å². The van der Waals surface area contributed by atoms with Gasteiger partial charge in [-0.1, -0.05) is 13.3 Å². The zero-order chi connectivity index (χ0) is 12.1. The highest BCUT2D eigenvalue weighted by molar-refractivity contribution is 5.96. The third kappa shape index (κ3) is 3.22. The highest BCUT2D eigenvalue weighted by Crippen LogP contribution is 2.17. The van der Waals surface area contributed by atoms with Crippen LogP contribution in [-0.2, 0) is 0 Å². The van der Waals surface area contributed by atoms with Gasteiger partial charge in [0.05, 0.1) is 5.56 Å². The molecule has 2 N–H and O–H groups in total. The summed E-state index contributed by atoms with van der Waals surface area (Å²) in [5.74, 6) is -1.19. The summed E-state index contributed by atoms with van der Waals surface area (Å²) < 4.78 is 12.9. The lowest BCUT2D eigenvalue weighted by Crippen LogP contribution is -2.32. The number of hydrogen-bond acceptors (Lipinski definition) is 2. The molecule has 3 nitrogen and oxygen atoms in total. The van der Waals surface area contributed by atoms with Crippen LogP contribution < -0.4 is 5.32 Å². The van der Waals surface area contributed by atoms with Crippen LogP contribution in [0.5, 0.6) is 5.75 Å². The van der Waals surface area contributed by atoms with Gasteiger partial charge in [-0.2, -0.15) is 0 Å². The number of hydrogen-bond donors (Lipinski definition) is 2. The monoisotopic (exact) mass is 225 g/mol. The van der Waals surface area contributed by atoms with Gasteiger partial charge < -0.3 is 10.4 Å². The van der Waals surface area contributed by atoms with Gasteiger partial charge in [0.25, 0.3) is 5.91 Å². The van der Waals surface area contributed by atoms with E-state index < -0.39 is 11.7 Å². The molecule has 1 amide bonds. The number of phenolic OH excluding ortho intramolecular Hbond substituents is 1. The molecule has 0 saturated carbocycles. The molecule has 0 aliphatic rings. The predicted molar refractivity (Wildman–Crippen MR) is 59.9 cm³/mol. The number of phenols is 1. The smallest absolute Gasteiger partial charge is 0.255 e. The predicted octanol–water partition coefficient (Wildman–Crippen LogP) is 2.45. The van der Waals surface area contributed by atoms with E-state index in [2.05, 4.69) is 5.32 Å². The van der Waals surface area contributed by atoms with Gasteiger partial charge in [-0.05, 0) is 31.5 Å². The third-order valence-electron chi connectivity index (χ3n) is 2.30. The fraction of sp³-hybridized carbons (Fsp3) is 0.417. The largest absolute Gasteiger partial charge is 0.507 e. The van der Waals surface area contributed by atoms with Crippen LogP contribution in [0.2, 0.25) is 0 Å². The number of benzene rings is 1. The molecule has 1 unspecified atom stereocenters. The summed E-state index contributed by atoms with van der Waals surface area (Å²) in [6.45, 7) is 3.89. The van der Waals surface area contributed by atoms with Crippen LogP contribution in [0, 0.1) is 5.82 Å². The first kappa shape index (κ1) is 12.5. The highest BCUT2D eigenvalue weighted by Gasteiger charge is 2.13. The van der Waals surface area contributed by atoms with Crippen molar-refractivity contribution in [1.82, 2.24) is 5.32 Å². The van der Waals surface area contributed by atoms with Gasteiger partial charge in [-0.15, -0.1) is 0 Å². The van der Waals surface area contributed by atoms with Gasteiger partial charge in [-0.25, -0.2) is 4.39 Å². The average molecular weight is 225 g/mol. The molecule has 16 heavy (non-hydrogen) atoms. The van der Waals surface area contributed by atoms with Gasteiger partial charge in [0.2, 0.25) is 0 Å². The summed E-state index contributed by atoms with van der Waals surface area (Å²) in [4.78, 5) is 11.7. The van der Waals surface area contributed by atoms with E-state index in [4.69, 9.17) is 0 Å². The lowest BCUT2D eigenvalue weighted by molar-refractivity contribution is 0.0935. The number of aromatic hydroxyl groups is 1. The molecule has 0 saturated heterocycles. The summed E-state index contributed by atoms with van der Waals surface area (Å²) in [5.41, 5.74) is -0.0250. The fourth-order valence-electron chi connectivity index (χ4n) is 1.50. The van der Waals surface area contributed by atoms with E-state index in [9.17, 15) is 14.3 Å². The van der Waals surface area contributed by atoms with Crippen molar-refractivity contribution in [3.05, 3.63) is 29.6 Å². The first-order valence-electron chi connectivity index (χ1n) is 5.34. The molecule has 0 spiro atoms. The van der Waals surface area contributed by atoms with Crippen LogP contribution in [-0.4, -0.2) is 17.1 Å². The van der Waals surface area contributed by atoms with Gasteiger partial charge in [0.1, 0.15) is 11.6 Å². The molecular formula is C12H16FNO2. The standard InChI is InChI=1S/C12H16FNO2/c1-3-4-8(2)14-12(16)10-7-9(13)5-6-11(10)15/h5-8,15H,3-4H2,1-2H3,(H,14,16). The highest BCUT2D eigenvalue weighted by atomic mass is 19.1. The van der Waals surface area contributed by atoms with Gasteiger partial charge in [0, 0.05) is 6.04 Å². The minimum Gasteiger partial charge on any atom is -0.507 e. The Labute approximate surface area is 94.3 Å². The second-order valence-electron chi connectivity index (χ2n) is 3.82. The summed E-state index contributed by atoms with van der Waals surface area (Å²) in [5, 5.41) is 12.1. The molecule has 1 aromatic rings. The van der Waals surface area contributed by atoms with Crippen molar-refractivity contribution in [3.8, 4) is 5.75 Å². The molecule has 4 heteroatoms.